The van der Waals surface area contributed by atoms with Crippen molar-refractivity contribution in [2.45, 2.75) is 69.1 Å². The molecule has 0 heterocycles. The lowest BCUT2D eigenvalue weighted by molar-refractivity contribution is -0.0129. The Balaban J connectivity index is 1.67. The molecule has 18 heavy (non-hydrogen) atoms. The van der Waals surface area contributed by atoms with E-state index in [-0.39, 0.29) is 0 Å². The van der Waals surface area contributed by atoms with Gasteiger partial charge in [0.2, 0.25) is 0 Å². The van der Waals surface area contributed by atoms with Crippen LogP contribution >= 0.6 is 0 Å². The van der Waals surface area contributed by atoms with Crippen molar-refractivity contribution in [2.75, 3.05) is 20.2 Å². The highest BCUT2D eigenvalue weighted by molar-refractivity contribution is 5.03. The summed E-state index contributed by atoms with van der Waals surface area (Å²) in [7, 11) is 1.85. The zero-order valence-corrected chi connectivity index (χ0v) is 11.7. The van der Waals surface area contributed by atoms with Gasteiger partial charge in [0.15, 0.2) is 0 Å². The molecule has 3 aliphatic rings. The minimum atomic E-state index is 0.304. The van der Waals surface area contributed by atoms with Crippen LogP contribution in [0.1, 0.15) is 51.4 Å². The Bertz CT molecular complexity index is 278. The third kappa shape index (κ3) is 2.59. The van der Waals surface area contributed by atoms with Gasteiger partial charge in [0.1, 0.15) is 0 Å². The summed E-state index contributed by atoms with van der Waals surface area (Å²) in [5, 5.41) is 0. The molecular weight excluding hydrogens is 224 g/mol. The van der Waals surface area contributed by atoms with E-state index in [4.69, 9.17) is 10.5 Å². The van der Waals surface area contributed by atoms with Crippen LogP contribution in [0.2, 0.25) is 0 Å². The molecular formula is C15H28N2O. The Morgan fingerprint density at radius 1 is 1.11 bits per heavy atom. The maximum absolute atomic E-state index is 6.21. The van der Waals surface area contributed by atoms with Crippen LogP contribution in [0, 0.1) is 5.92 Å². The molecule has 0 aromatic heterocycles. The average molecular weight is 252 g/mol. The minimum Gasteiger partial charge on any atom is -0.381 e. The lowest BCUT2D eigenvalue weighted by atomic mass is 9.78. The molecule has 0 amide bonds. The van der Waals surface area contributed by atoms with Gasteiger partial charge in [-0.25, -0.2) is 0 Å². The lowest BCUT2D eigenvalue weighted by Crippen LogP contribution is -2.57. The fourth-order valence-electron chi connectivity index (χ4n) is 3.67. The van der Waals surface area contributed by atoms with Crippen molar-refractivity contribution in [1.82, 2.24) is 4.90 Å². The lowest BCUT2D eigenvalue weighted by Gasteiger charge is -2.48. The van der Waals surface area contributed by atoms with Crippen molar-refractivity contribution in [3.63, 3.8) is 0 Å². The van der Waals surface area contributed by atoms with Crippen LogP contribution < -0.4 is 5.73 Å². The molecule has 3 heteroatoms. The monoisotopic (exact) mass is 252 g/mol. The third-order valence-corrected chi connectivity index (χ3v) is 5.33. The number of rotatable bonds is 6. The first-order valence-corrected chi connectivity index (χ1v) is 7.77. The Kier molecular flexibility index (Phi) is 3.65. The number of nitrogens with zero attached hydrogens (tertiary/aromatic N) is 1. The Morgan fingerprint density at radius 3 is 2.22 bits per heavy atom. The first-order valence-electron chi connectivity index (χ1n) is 7.77. The van der Waals surface area contributed by atoms with E-state index >= 15 is 0 Å². The number of hydrogen-bond donors (Lipinski definition) is 1. The van der Waals surface area contributed by atoms with Crippen molar-refractivity contribution < 1.29 is 4.74 Å². The number of methoxy groups -OCH3 is 1. The molecule has 0 aromatic rings. The van der Waals surface area contributed by atoms with Gasteiger partial charge in [-0.3, -0.25) is 4.90 Å². The summed E-state index contributed by atoms with van der Waals surface area (Å²) < 4.78 is 5.52. The molecule has 3 rings (SSSR count). The second kappa shape index (κ2) is 5.10. The Morgan fingerprint density at radius 2 is 1.78 bits per heavy atom. The van der Waals surface area contributed by atoms with E-state index in [1.54, 1.807) is 0 Å². The van der Waals surface area contributed by atoms with Crippen LogP contribution in [0.25, 0.3) is 0 Å². The molecule has 3 aliphatic carbocycles. The summed E-state index contributed by atoms with van der Waals surface area (Å²) >= 11 is 0. The Labute approximate surface area is 111 Å². The van der Waals surface area contributed by atoms with Gasteiger partial charge in [-0.2, -0.15) is 0 Å². The van der Waals surface area contributed by atoms with E-state index in [1.165, 1.54) is 57.9 Å². The second-order valence-corrected chi connectivity index (χ2v) is 6.69. The molecule has 0 aromatic carbocycles. The SMILES string of the molecule is COC1CCC(CN)(N(CC2CC2)C2CC2)CC1. The van der Waals surface area contributed by atoms with E-state index in [2.05, 4.69) is 4.90 Å². The van der Waals surface area contributed by atoms with E-state index < -0.39 is 0 Å². The van der Waals surface area contributed by atoms with Crippen LogP contribution in [0.15, 0.2) is 0 Å². The summed E-state index contributed by atoms with van der Waals surface area (Å²) in [6.07, 6.45) is 11.1. The second-order valence-electron chi connectivity index (χ2n) is 6.69. The highest BCUT2D eigenvalue weighted by Gasteiger charge is 2.46. The zero-order chi connectivity index (χ0) is 12.6. The number of hydrogen-bond acceptors (Lipinski definition) is 3. The van der Waals surface area contributed by atoms with Crippen molar-refractivity contribution in [2.24, 2.45) is 11.7 Å². The molecule has 0 aliphatic heterocycles. The average Bonchev–Trinajstić information content (AvgIpc) is 3.29. The summed E-state index contributed by atoms with van der Waals surface area (Å²) in [5.74, 6) is 0.981. The van der Waals surface area contributed by atoms with Gasteiger partial charge < -0.3 is 10.5 Å². The minimum absolute atomic E-state index is 0.304. The number of nitrogens with two attached hydrogens (primary N) is 1. The predicted molar refractivity (Wildman–Crippen MR) is 73.5 cm³/mol. The van der Waals surface area contributed by atoms with Crippen LogP contribution in [0.4, 0.5) is 0 Å². The van der Waals surface area contributed by atoms with Crippen LogP contribution in [-0.2, 0) is 4.74 Å². The molecule has 0 unspecified atom stereocenters. The summed E-state index contributed by atoms with van der Waals surface area (Å²) in [6.45, 7) is 2.16. The van der Waals surface area contributed by atoms with Crippen molar-refractivity contribution >= 4 is 0 Å². The summed E-state index contributed by atoms with van der Waals surface area (Å²) in [6, 6.07) is 0.855. The first-order chi connectivity index (χ1) is 8.77. The zero-order valence-electron chi connectivity index (χ0n) is 11.7. The van der Waals surface area contributed by atoms with E-state index in [0.29, 0.717) is 11.6 Å². The largest absolute Gasteiger partial charge is 0.381 e. The van der Waals surface area contributed by atoms with Gasteiger partial charge in [0.25, 0.3) is 0 Å². The maximum Gasteiger partial charge on any atom is 0.0572 e. The predicted octanol–water partition coefficient (Wildman–Crippen LogP) is 2.15. The number of ether oxygens (including phenoxy) is 1. The molecule has 0 saturated heterocycles. The molecule has 3 saturated carbocycles. The molecule has 0 bridgehead atoms. The van der Waals surface area contributed by atoms with Crippen LogP contribution in [-0.4, -0.2) is 42.8 Å². The highest BCUT2D eigenvalue weighted by atomic mass is 16.5. The molecule has 3 fully saturated rings. The molecule has 3 nitrogen and oxygen atoms in total. The smallest absolute Gasteiger partial charge is 0.0572 e. The van der Waals surface area contributed by atoms with Crippen LogP contribution in [0.5, 0.6) is 0 Å². The normalized spacial score (nSPS) is 37.2. The highest BCUT2D eigenvalue weighted by Crippen LogP contribution is 2.43. The Hall–Kier alpha value is -0.120. The molecule has 104 valence electrons. The maximum atomic E-state index is 6.21. The fourth-order valence-corrected chi connectivity index (χ4v) is 3.67. The molecule has 2 N–H and O–H groups in total. The fraction of sp³-hybridized carbons (Fsp3) is 1.00. The molecule has 0 atom stereocenters. The third-order valence-electron chi connectivity index (χ3n) is 5.33. The van der Waals surface area contributed by atoms with E-state index in [0.717, 1.165) is 18.5 Å². The van der Waals surface area contributed by atoms with E-state index in [1.807, 2.05) is 7.11 Å². The van der Waals surface area contributed by atoms with E-state index in [9.17, 15) is 0 Å². The van der Waals surface area contributed by atoms with Crippen LogP contribution in [0.3, 0.4) is 0 Å². The van der Waals surface area contributed by atoms with Gasteiger partial charge in [-0.1, -0.05) is 0 Å². The summed E-state index contributed by atoms with van der Waals surface area (Å²) in [4.78, 5) is 2.82. The molecule has 0 spiro atoms. The summed E-state index contributed by atoms with van der Waals surface area (Å²) in [5.41, 5.74) is 6.51. The van der Waals surface area contributed by atoms with Gasteiger partial charge in [-0.05, 0) is 57.3 Å². The topological polar surface area (TPSA) is 38.5 Å². The van der Waals surface area contributed by atoms with Gasteiger partial charge in [-0.15, -0.1) is 0 Å². The van der Waals surface area contributed by atoms with Gasteiger partial charge >= 0.3 is 0 Å². The first kappa shape index (κ1) is 12.9. The van der Waals surface area contributed by atoms with Gasteiger partial charge in [0, 0.05) is 31.8 Å². The van der Waals surface area contributed by atoms with Gasteiger partial charge in [0.05, 0.1) is 6.10 Å². The van der Waals surface area contributed by atoms with Crippen molar-refractivity contribution in [3.05, 3.63) is 0 Å². The van der Waals surface area contributed by atoms with Crippen molar-refractivity contribution in [3.8, 4) is 0 Å². The quantitative estimate of drug-likeness (QED) is 0.787. The standard InChI is InChI=1S/C15H28N2O/c1-18-14-6-8-15(11-16,9-7-14)17(13-4-5-13)10-12-2-3-12/h12-14H,2-11,16H2,1H3. The van der Waals surface area contributed by atoms with Crippen molar-refractivity contribution in [1.29, 1.82) is 0 Å². The molecule has 0 radical (unpaired) electrons.